The third-order valence-electron chi connectivity index (χ3n) is 4.17. The lowest BCUT2D eigenvalue weighted by molar-refractivity contribution is 0.0188. The predicted octanol–water partition coefficient (Wildman–Crippen LogP) is 3.63. The van der Waals surface area contributed by atoms with Crippen molar-refractivity contribution in [1.82, 2.24) is 10.8 Å². The van der Waals surface area contributed by atoms with Crippen LogP contribution < -0.4 is 10.8 Å². The van der Waals surface area contributed by atoms with Gasteiger partial charge in [-0.05, 0) is 23.6 Å². The molecule has 0 amide bonds. The van der Waals surface area contributed by atoms with Crippen molar-refractivity contribution >= 4 is 0 Å². The summed E-state index contributed by atoms with van der Waals surface area (Å²) in [7, 11) is 0. The van der Waals surface area contributed by atoms with Crippen LogP contribution in [0.3, 0.4) is 0 Å². The second-order valence-electron chi connectivity index (χ2n) is 6.66. The van der Waals surface area contributed by atoms with Crippen LogP contribution in [0.4, 0.5) is 0 Å². The summed E-state index contributed by atoms with van der Waals surface area (Å²) < 4.78 is 0. The van der Waals surface area contributed by atoms with Gasteiger partial charge in [0.25, 0.3) is 0 Å². The lowest BCUT2D eigenvalue weighted by Crippen LogP contribution is -2.45. The molecule has 2 N–H and O–H groups in total. The summed E-state index contributed by atoms with van der Waals surface area (Å²) in [6.07, 6.45) is 4.07. The maximum Gasteiger partial charge on any atom is 0.121 e. The molecule has 0 aliphatic carbocycles. The molecule has 0 radical (unpaired) electrons. The van der Waals surface area contributed by atoms with Crippen LogP contribution in [0.25, 0.3) is 0 Å². The maximum absolute atomic E-state index is 5.87. The molecule has 24 heavy (non-hydrogen) atoms. The van der Waals surface area contributed by atoms with E-state index in [4.69, 9.17) is 4.84 Å². The molecular formula is C21H26N2O. The highest BCUT2D eigenvalue weighted by atomic mass is 16.7. The normalized spacial score (nSPS) is 18.3. The minimum absolute atomic E-state index is 0.0336. The van der Waals surface area contributed by atoms with Crippen molar-refractivity contribution in [3.63, 3.8) is 0 Å². The van der Waals surface area contributed by atoms with Crippen molar-refractivity contribution in [2.45, 2.75) is 44.9 Å². The highest BCUT2D eigenvalue weighted by Crippen LogP contribution is 2.18. The van der Waals surface area contributed by atoms with E-state index in [-0.39, 0.29) is 12.1 Å². The van der Waals surface area contributed by atoms with Crippen LogP contribution in [0, 0.1) is 0 Å². The summed E-state index contributed by atoms with van der Waals surface area (Å²) in [5, 5.41) is 3.65. The maximum atomic E-state index is 5.87. The van der Waals surface area contributed by atoms with Crippen LogP contribution in [-0.2, 0) is 17.7 Å². The topological polar surface area (TPSA) is 33.3 Å². The average molecular weight is 322 g/mol. The largest absolute Gasteiger partial charge is 0.309 e. The van der Waals surface area contributed by atoms with Gasteiger partial charge in [0.2, 0.25) is 0 Å². The zero-order valence-corrected chi connectivity index (χ0v) is 14.4. The van der Waals surface area contributed by atoms with Gasteiger partial charge < -0.3 is 5.32 Å². The van der Waals surface area contributed by atoms with Crippen LogP contribution in [0.2, 0.25) is 0 Å². The summed E-state index contributed by atoms with van der Waals surface area (Å²) in [4.78, 5) is 5.87. The van der Waals surface area contributed by atoms with Crippen molar-refractivity contribution < 1.29 is 4.84 Å². The molecule has 2 unspecified atom stereocenters. The number of allylic oxidation sites excluding steroid dienone is 1. The van der Waals surface area contributed by atoms with Gasteiger partial charge in [-0.3, -0.25) is 10.3 Å². The van der Waals surface area contributed by atoms with E-state index in [1.807, 2.05) is 6.07 Å². The lowest BCUT2D eigenvalue weighted by atomic mass is 9.99. The lowest BCUT2D eigenvalue weighted by Gasteiger charge is -2.25. The Morgan fingerprint density at radius 2 is 1.58 bits per heavy atom. The van der Waals surface area contributed by atoms with E-state index in [1.165, 1.54) is 11.1 Å². The molecule has 2 aromatic carbocycles. The fraction of sp³-hybridized carbons (Fsp3) is 0.333. The van der Waals surface area contributed by atoms with Crippen LogP contribution in [0.15, 0.2) is 72.4 Å². The van der Waals surface area contributed by atoms with Gasteiger partial charge in [0.15, 0.2) is 0 Å². The molecule has 0 saturated carbocycles. The molecule has 1 aliphatic heterocycles. The minimum Gasteiger partial charge on any atom is -0.309 e. The number of hydroxylamine groups is 1. The van der Waals surface area contributed by atoms with E-state index in [9.17, 15) is 0 Å². The Morgan fingerprint density at radius 3 is 2.21 bits per heavy atom. The van der Waals surface area contributed by atoms with Crippen LogP contribution in [-0.4, -0.2) is 18.2 Å². The molecule has 3 rings (SSSR count). The molecule has 1 heterocycles. The van der Waals surface area contributed by atoms with Gasteiger partial charge in [-0.1, -0.05) is 74.5 Å². The first-order valence-corrected chi connectivity index (χ1v) is 8.67. The average Bonchev–Trinajstić information content (AvgIpc) is 3.04. The molecule has 3 nitrogen and oxygen atoms in total. The Morgan fingerprint density at radius 1 is 0.958 bits per heavy atom. The first-order valence-electron chi connectivity index (χ1n) is 8.67. The van der Waals surface area contributed by atoms with E-state index in [1.54, 1.807) is 0 Å². The number of hydrogen-bond donors (Lipinski definition) is 2. The Kier molecular flexibility index (Phi) is 5.68. The molecule has 0 saturated heterocycles. The van der Waals surface area contributed by atoms with E-state index >= 15 is 0 Å². The first-order chi connectivity index (χ1) is 11.7. The SMILES string of the molecule is CC(C)NC(Cc1ccccc1)C1C=C(Cc2ccccc2)NO1. The summed E-state index contributed by atoms with van der Waals surface area (Å²) in [5.41, 5.74) is 6.86. The molecule has 126 valence electrons. The van der Waals surface area contributed by atoms with Gasteiger partial charge in [0.1, 0.15) is 6.10 Å². The van der Waals surface area contributed by atoms with Gasteiger partial charge in [0, 0.05) is 24.2 Å². The van der Waals surface area contributed by atoms with Crippen molar-refractivity contribution in [3.8, 4) is 0 Å². The standard InChI is InChI=1S/C21H26N2O/c1-16(2)22-20(14-18-11-7-4-8-12-18)21-15-19(23-24-21)13-17-9-5-3-6-10-17/h3-12,15-16,20-23H,13-14H2,1-2H3. The fourth-order valence-electron chi connectivity index (χ4n) is 3.09. The Labute approximate surface area is 144 Å². The molecule has 0 spiro atoms. The van der Waals surface area contributed by atoms with Crippen molar-refractivity contribution in [3.05, 3.63) is 83.6 Å². The Balaban J connectivity index is 1.68. The molecule has 1 aliphatic rings. The van der Waals surface area contributed by atoms with Crippen molar-refractivity contribution in [2.75, 3.05) is 0 Å². The third-order valence-corrected chi connectivity index (χ3v) is 4.17. The molecule has 0 aromatic heterocycles. The number of benzene rings is 2. The third kappa shape index (κ3) is 4.70. The van der Waals surface area contributed by atoms with Gasteiger partial charge in [-0.2, -0.15) is 0 Å². The summed E-state index contributed by atoms with van der Waals surface area (Å²) >= 11 is 0. The molecule has 3 heteroatoms. The molecule has 0 bridgehead atoms. The second kappa shape index (κ2) is 8.13. The number of hydrogen-bond acceptors (Lipinski definition) is 3. The molecule has 0 fully saturated rings. The van der Waals surface area contributed by atoms with Crippen molar-refractivity contribution in [1.29, 1.82) is 0 Å². The Bertz CT molecular complexity index is 652. The monoisotopic (exact) mass is 322 g/mol. The van der Waals surface area contributed by atoms with Crippen LogP contribution >= 0.6 is 0 Å². The van der Waals surface area contributed by atoms with Crippen molar-refractivity contribution in [2.24, 2.45) is 0 Å². The smallest absolute Gasteiger partial charge is 0.121 e. The van der Waals surface area contributed by atoms with E-state index in [0.717, 1.165) is 18.5 Å². The summed E-state index contributed by atoms with van der Waals surface area (Å²) in [6, 6.07) is 21.7. The van der Waals surface area contributed by atoms with Crippen LogP contribution in [0.5, 0.6) is 0 Å². The van der Waals surface area contributed by atoms with Gasteiger partial charge in [0.05, 0.1) is 0 Å². The fourth-order valence-corrected chi connectivity index (χ4v) is 3.09. The molecular weight excluding hydrogens is 296 g/mol. The van der Waals surface area contributed by atoms with E-state index in [2.05, 4.69) is 85.3 Å². The minimum atomic E-state index is 0.0336. The highest BCUT2D eigenvalue weighted by Gasteiger charge is 2.26. The molecule has 2 atom stereocenters. The van der Waals surface area contributed by atoms with Crippen LogP contribution in [0.1, 0.15) is 25.0 Å². The number of rotatable bonds is 7. The number of nitrogens with one attached hydrogen (secondary N) is 2. The summed E-state index contributed by atoms with van der Waals surface area (Å²) in [5.74, 6) is 0. The van der Waals surface area contributed by atoms with E-state index < -0.39 is 0 Å². The Hall–Kier alpha value is -2.10. The zero-order chi connectivity index (χ0) is 16.8. The molecule has 2 aromatic rings. The first kappa shape index (κ1) is 16.7. The second-order valence-corrected chi connectivity index (χ2v) is 6.66. The van der Waals surface area contributed by atoms with Gasteiger partial charge in [-0.25, -0.2) is 0 Å². The quantitative estimate of drug-likeness (QED) is 0.817. The van der Waals surface area contributed by atoms with Gasteiger partial charge in [-0.15, -0.1) is 0 Å². The van der Waals surface area contributed by atoms with Gasteiger partial charge >= 0.3 is 0 Å². The highest BCUT2D eigenvalue weighted by molar-refractivity contribution is 5.24. The zero-order valence-electron chi connectivity index (χ0n) is 14.4. The summed E-state index contributed by atoms with van der Waals surface area (Å²) in [6.45, 7) is 4.35. The van der Waals surface area contributed by atoms with E-state index in [0.29, 0.717) is 6.04 Å². The predicted molar refractivity (Wildman–Crippen MR) is 98.4 cm³/mol.